The number of carbonyl (C=O) groups excluding carboxylic acids is 2. The van der Waals surface area contributed by atoms with E-state index in [1.165, 1.54) is 6.07 Å². The van der Waals surface area contributed by atoms with Gasteiger partial charge in [-0.15, -0.1) is 0 Å². The van der Waals surface area contributed by atoms with Gasteiger partial charge in [-0.2, -0.15) is 0 Å². The molecule has 0 aromatic heterocycles. The third kappa shape index (κ3) is 5.62. The van der Waals surface area contributed by atoms with Crippen LogP contribution in [0.2, 0.25) is 0 Å². The van der Waals surface area contributed by atoms with Crippen LogP contribution in [0.3, 0.4) is 0 Å². The molecule has 5 nitrogen and oxygen atoms in total. The molecule has 2 amide bonds. The first kappa shape index (κ1) is 19.0. The van der Waals surface area contributed by atoms with Crippen molar-refractivity contribution in [2.75, 3.05) is 18.4 Å². The highest BCUT2D eigenvalue weighted by molar-refractivity contribution is 5.95. The highest BCUT2D eigenvalue weighted by Crippen LogP contribution is 2.16. The van der Waals surface area contributed by atoms with E-state index >= 15 is 0 Å². The second kappa shape index (κ2) is 9.28. The van der Waals surface area contributed by atoms with Gasteiger partial charge < -0.3 is 16.0 Å². The van der Waals surface area contributed by atoms with Crippen LogP contribution in [0.25, 0.3) is 0 Å². The van der Waals surface area contributed by atoms with Crippen LogP contribution in [0.15, 0.2) is 48.5 Å². The number of rotatable bonds is 7. The van der Waals surface area contributed by atoms with Crippen LogP contribution in [-0.4, -0.2) is 24.9 Å². The summed E-state index contributed by atoms with van der Waals surface area (Å²) in [6.45, 7) is 2.15. The maximum absolute atomic E-state index is 13.6. The number of carbonyl (C=O) groups is 2. The SMILES string of the molecule is O=C(CCC1CCNC1)Nc1ccc(C(=O)NCc2ccccc2F)cc1. The molecular formula is C21H24FN3O2. The molecule has 142 valence electrons. The summed E-state index contributed by atoms with van der Waals surface area (Å²) in [5.74, 6) is -0.0657. The Balaban J connectivity index is 1.46. The molecule has 3 rings (SSSR count). The Morgan fingerprint density at radius 2 is 1.89 bits per heavy atom. The lowest BCUT2D eigenvalue weighted by Crippen LogP contribution is -2.23. The molecule has 1 unspecified atom stereocenters. The molecular weight excluding hydrogens is 345 g/mol. The van der Waals surface area contributed by atoms with Gasteiger partial charge in [-0.3, -0.25) is 9.59 Å². The summed E-state index contributed by atoms with van der Waals surface area (Å²) in [5, 5.41) is 8.85. The smallest absolute Gasteiger partial charge is 0.251 e. The molecule has 6 heteroatoms. The average Bonchev–Trinajstić information content (AvgIpc) is 3.20. The summed E-state index contributed by atoms with van der Waals surface area (Å²) < 4.78 is 13.6. The third-order valence-corrected chi connectivity index (χ3v) is 4.77. The molecule has 1 saturated heterocycles. The molecule has 3 N–H and O–H groups in total. The van der Waals surface area contributed by atoms with E-state index in [4.69, 9.17) is 0 Å². The van der Waals surface area contributed by atoms with Crippen LogP contribution in [0.1, 0.15) is 35.2 Å². The van der Waals surface area contributed by atoms with Gasteiger partial charge in [0.15, 0.2) is 0 Å². The lowest BCUT2D eigenvalue weighted by molar-refractivity contribution is -0.116. The van der Waals surface area contributed by atoms with Crippen molar-refractivity contribution in [3.05, 3.63) is 65.5 Å². The van der Waals surface area contributed by atoms with Crippen molar-refractivity contribution >= 4 is 17.5 Å². The van der Waals surface area contributed by atoms with Gasteiger partial charge in [0, 0.05) is 29.8 Å². The van der Waals surface area contributed by atoms with Gasteiger partial charge in [0.25, 0.3) is 5.91 Å². The van der Waals surface area contributed by atoms with Gasteiger partial charge in [-0.05, 0) is 62.2 Å². The maximum Gasteiger partial charge on any atom is 0.251 e. The van der Waals surface area contributed by atoms with E-state index in [-0.39, 0.29) is 24.2 Å². The summed E-state index contributed by atoms with van der Waals surface area (Å²) >= 11 is 0. The zero-order valence-corrected chi connectivity index (χ0v) is 15.1. The largest absolute Gasteiger partial charge is 0.348 e. The van der Waals surface area contributed by atoms with E-state index in [9.17, 15) is 14.0 Å². The second-order valence-electron chi connectivity index (χ2n) is 6.80. The molecule has 2 aromatic carbocycles. The van der Waals surface area contributed by atoms with Crippen LogP contribution in [0.4, 0.5) is 10.1 Å². The minimum absolute atomic E-state index is 0.0151. The number of benzene rings is 2. The molecule has 1 aliphatic heterocycles. The average molecular weight is 369 g/mol. The number of amides is 2. The van der Waals surface area contributed by atoms with E-state index in [1.807, 2.05) is 0 Å². The number of nitrogens with one attached hydrogen (secondary N) is 3. The highest BCUT2D eigenvalue weighted by atomic mass is 19.1. The fourth-order valence-electron chi connectivity index (χ4n) is 3.14. The number of halogens is 1. The van der Waals surface area contributed by atoms with E-state index in [0.29, 0.717) is 29.2 Å². The van der Waals surface area contributed by atoms with Crippen molar-refractivity contribution in [2.24, 2.45) is 5.92 Å². The molecule has 1 heterocycles. The lowest BCUT2D eigenvalue weighted by atomic mass is 10.0. The molecule has 1 atom stereocenters. The predicted molar refractivity (Wildman–Crippen MR) is 103 cm³/mol. The van der Waals surface area contributed by atoms with Crippen LogP contribution in [-0.2, 0) is 11.3 Å². The van der Waals surface area contributed by atoms with Gasteiger partial charge in [-0.1, -0.05) is 18.2 Å². The van der Waals surface area contributed by atoms with E-state index in [2.05, 4.69) is 16.0 Å². The van der Waals surface area contributed by atoms with Crippen molar-refractivity contribution in [2.45, 2.75) is 25.8 Å². The maximum atomic E-state index is 13.6. The second-order valence-corrected chi connectivity index (χ2v) is 6.80. The van der Waals surface area contributed by atoms with Crippen molar-refractivity contribution in [3.63, 3.8) is 0 Å². The van der Waals surface area contributed by atoms with Crippen molar-refractivity contribution in [1.29, 1.82) is 0 Å². The van der Waals surface area contributed by atoms with Gasteiger partial charge in [0.2, 0.25) is 5.91 Å². The molecule has 0 saturated carbocycles. The first-order valence-electron chi connectivity index (χ1n) is 9.24. The highest BCUT2D eigenvalue weighted by Gasteiger charge is 2.15. The number of anilines is 1. The molecule has 0 aliphatic carbocycles. The summed E-state index contributed by atoms with van der Waals surface area (Å²) in [4.78, 5) is 24.2. The van der Waals surface area contributed by atoms with E-state index in [0.717, 1.165) is 25.9 Å². The third-order valence-electron chi connectivity index (χ3n) is 4.77. The summed E-state index contributed by atoms with van der Waals surface area (Å²) in [5.41, 5.74) is 1.56. The van der Waals surface area contributed by atoms with Gasteiger partial charge in [0.1, 0.15) is 5.82 Å². The van der Waals surface area contributed by atoms with Gasteiger partial charge >= 0.3 is 0 Å². The first-order valence-corrected chi connectivity index (χ1v) is 9.24. The predicted octanol–water partition coefficient (Wildman–Crippen LogP) is 3.08. The molecule has 27 heavy (non-hydrogen) atoms. The summed E-state index contributed by atoms with van der Waals surface area (Å²) in [7, 11) is 0. The van der Waals surface area contributed by atoms with Crippen molar-refractivity contribution < 1.29 is 14.0 Å². The zero-order valence-electron chi connectivity index (χ0n) is 15.1. The van der Waals surface area contributed by atoms with Gasteiger partial charge in [-0.25, -0.2) is 4.39 Å². The monoisotopic (exact) mass is 369 g/mol. The Kier molecular flexibility index (Phi) is 6.54. The molecule has 2 aromatic rings. The Morgan fingerprint density at radius 3 is 2.59 bits per heavy atom. The summed E-state index contributed by atoms with van der Waals surface area (Å²) in [6.07, 6.45) is 2.51. The lowest BCUT2D eigenvalue weighted by Gasteiger charge is -2.10. The topological polar surface area (TPSA) is 70.2 Å². The Morgan fingerprint density at radius 1 is 1.11 bits per heavy atom. The normalized spacial score (nSPS) is 16.1. The number of hydrogen-bond acceptors (Lipinski definition) is 3. The van der Waals surface area contributed by atoms with E-state index < -0.39 is 0 Å². The van der Waals surface area contributed by atoms with Gasteiger partial charge in [0.05, 0.1) is 0 Å². The van der Waals surface area contributed by atoms with Crippen LogP contribution < -0.4 is 16.0 Å². The van der Waals surface area contributed by atoms with E-state index in [1.54, 1.807) is 42.5 Å². The van der Waals surface area contributed by atoms with Crippen molar-refractivity contribution in [3.8, 4) is 0 Å². The van der Waals surface area contributed by atoms with Crippen LogP contribution >= 0.6 is 0 Å². The standard InChI is InChI=1S/C21H24FN3O2/c22-19-4-2-1-3-17(19)14-24-21(27)16-6-8-18(9-7-16)25-20(26)10-5-15-11-12-23-13-15/h1-4,6-9,15,23H,5,10-14H2,(H,24,27)(H,25,26). The molecule has 0 bridgehead atoms. The Hall–Kier alpha value is -2.73. The molecule has 0 radical (unpaired) electrons. The van der Waals surface area contributed by atoms with Crippen LogP contribution in [0, 0.1) is 11.7 Å². The van der Waals surface area contributed by atoms with Crippen LogP contribution in [0.5, 0.6) is 0 Å². The molecule has 1 fully saturated rings. The Labute approximate surface area is 158 Å². The number of hydrogen-bond donors (Lipinski definition) is 3. The first-order chi connectivity index (χ1) is 13.1. The summed E-state index contributed by atoms with van der Waals surface area (Å²) in [6, 6.07) is 13.0. The Bertz CT molecular complexity index is 786. The molecule has 1 aliphatic rings. The fourth-order valence-corrected chi connectivity index (χ4v) is 3.14. The minimum Gasteiger partial charge on any atom is -0.348 e. The zero-order chi connectivity index (χ0) is 19.1. The van der Waals surface area contributed by atoms with Crippen molar-refractivity contribution in [1.82, 2.24) is 10.6 Å². The quantitative estimate of drug-likeness (QED) is 0.702. The minimum atomic E-state index is -0.343. The molecule has 0 spiro atoms. The fraction of sp³-hybridized carbons (Fsp3) is 0.333.